The number of rotatable bonds is 5. The van der Waals surface area contributed by atoms with E-state index in [0.717, 1.165) is 6.21 Å². The second-order valence-electron chi connectivity index (χ2n) is 4.21. The van der Waals surface area contributed by atoms with Gasteiger partial charge in [0.2, 0.25) is 0 Å². The van der Waals surface area contributed by atoms with Crippen molar-refractivity contribution in [3.8, 4) is 11.8 Å². The Balaban J connectivity index is 2.51. The Morgan fingerprint density at radius 2 is 2.14 bits per heavy atom. The molecule has 1 heterocycles. The Hall–Kier alpha value is -3.53. The van der Waals surface area contributed by atoms with Gasteiger partial charge in [-0.15, -0.1) is 0 Å². The molecule has 0 unspecified atom stereocenters. The van der Waals surface area contributed by atoms with Crippen molar-refractivity contribution in [2.45, 2.75) is 0 Å². The Labute approximate surface area is 126 Å². The topological polar surface area (TPSA) is 109 Å². The summed E-state index contributed by atoms with van der Waals surface area (Å²) in [5.41, 5.74) is 1.70. The molecule has 22 heavy (non-hydrogen) atoms. The zero-order chi connectivity index (χ0) is 16.1. The van der Waals surface area contributed by atoms with Gasteiger partial charge in [0.1, 0.15) is 11.8 Å². The molecule has 0 spiro atoms. The van der Waals surface area contributed by atoms with E-state index in [9.17, 15) is 15.4 Å². The molecule has 0 saturated heterocycles. The maximum atomic E-state index is 10.7. The van der Waals surface area contributed by atoms with E-state index < -0.39 is 4.92 Å². The molecule has 0 aliphatic carbocycles. The van der Waals surface area contributed by atoms with Crippen LogP contribution >= 0.6 is 0 Å². The highest BCUT2D eigenvalue weighted by molar-refractivity contribution is 6.07. The maximum Gasteiger partial charge on any atom is 0.269 e. The molecule has 0 aliphatic rings. The van der Waals surface area contributed by atoms with Gasteiger partial charge in [-0.2, -0.15) is 10.4 Å². The van der Waals surface area contributed by atoms with E-state index in [1.165, 1.54) is 35.0 Å². The van der Waals surface area contributed by atoms with Crippen molar-refractivity contribution >= 4 is 17.5 Å². The van der Waals surface area contributed by atoms with Crippen molar-refractivity contribution in [3.05, 3.63) is 70.6 Å². The van der Waals surface area contributed by atoms with Gasteiger partial charge < -0.3 is 5.41 Å². The minimum absolute atomic E-state index is 0.0404. The third-order valence-electron chi connectivity index (χ3n) is 2.88. The molecule has 0 bridgehead atoms. The molecule has 0 radical (unpaired) electrons. The Kier molecular flexibility index (Phi) is 4.24. The van der Waals surface area contributed by atoms with Crippen LogP contribution in [0.1, 0.15) is 11.4 Å². The van der Waals surface area contributed by atoms with E-state index in [4.69, 9.17) is 5.41 Å². The number of nitrogens with zero attached hydrogens (tertiary/aromatic N) is 4. The molecule has 0 fully saturated rings. The maximum absolute atomic E-state index is 10.7. The average molecular weight is 293 g/mol. The number of allylic oxidation sites excluding steroid dienone is 3. The SMILES string of the molecule is C=C/C=C(\C=N)c1cc(C#N)n(-c2ccc([N+](=O)[O-])cc2)n1. The normalized spacial score (nSPS) is 10.8. The monoisotopic (exact) mass is 293 g/mol. The van der Waals surface area contributed by atoms with Gasteiger partial charge in [0, 0.05) is 30.0 Å². The van der Waals surface area contributed by atoms with Gasteiger partial charge in [0.05, 0.1) is 16.3 Å². The van der Waals surface area contributed by atoms with Gasteiger partial charge in [0.25, 0.3) is 5.69 Å². The summed E-state index contributed by atoms with van der Waals surface area (Å²) in [6.07, 6.45) is 4.25. The molecule has 0 atom stereocenters. The van der Waals surface area contributed by atoms with E-state index in [2.05, 4.69) is 11.7 Å². The van der Waals surface area contributed by atoms with E-state index in [0.29, 0.717) is 17.0 Å². The van der Waals surface area contributed by atoms with Crippen LogP contribution in [0.3, 0.4) is 0 Å². The average Bonchev–Trinajstić information content (AvgIpc) is 2.96. The molecule has 1 aromatic heterocycles. The first-order valence-electron chi connectivity index (χ1n) is 6.19. The van der Waals surface area contributed by atoms with Crippen LogP contribution in [0.4, 0.5) is 5.69 Å². The van der Waals surface area contributed by atoms with Crippen molar-refractivity contribution in [2.75, 3.05) is 0 Å². The second-order valence-corrected chi connectivity index (χ2v) is 4.21. The molecule has 7 nitrogen and oxygen atoms in total. The fourth-order valence-corrected chi connectivity index (χ4v) is 1.85. The summed E-state index contributed by atoms with van der Waals surface area (Å²) < 4.78 is 1.37. The lowest BCUT2D eigenvalue weighted by molar-refractivity contribution is -0.384. The number of hydrogen-bond donors (Lipinski definition) is 1. The van der Waals surface area contributed by atoms with Crippen LogP contribution in [0.2, 0.25) is 0 Å². The van der Waals surface area contributed by atoms with Crippen LogP contribution < -0.4 is 0 Å². The highest BCUT2D eigenvalue weighted by Gasteiger charge is 2.12. The quantitative estimate of drug-likeness (QED) is 0.395. The van der Waals surface area contributed by atoms with Crippen molar-refractivity contribution in [1.29, 1.82) is 10.7 Å². The lowest BCUT2D eigenvalue weighted by atomic mass is 10.2. The molecule has 0 amide bonds. The number of benzene rings is 1. The zero-order valence-corrected chi connectivity index (χ0v) is 11.4. The zero-order valence-electron chi connectivity index (χ0n) is 11.4. The lowest BCUT2D eigenvalue weighted by Gasteiger charge is -2.02. The first-order valence-corrected chi connectivity index (χ1v) is 6.19. The van der Waals surface area contributed by atoms with Crippen LogP contribution in [0, 0.1) is 26.9 Å². The fourth-order valence-electron chi connectivity index (χ4n) is 1.85. The summed E-state index contributed by atoms with van der Waals surface area (Å²) in [7, 11) is 0. The minimum Gasteiger partial charge on any atom is -0.308 e. The molecular weight excluding hydrogens is 282 g/mol. The molecule has 0 aliphatic heterocycles. The highest BCUT2D eigenvalue weighted by Crippen LogP contribution is 2.19. The van der Waals surface area contributed by atoms with Crippen LogP contribution in [0.25, 0.3) is 11.3 Å². The van der Waals surface area contributed by atoms with E-state index in [1.807, 2.05) is 6.07 Å². The molecule has 1 N–H and O–H groups in total. The number of hydrogen-bond acceptors (Lipinski definition) is 5. The molecule has 2 aromatic rings. The predicted octanol–water partition coefficient (Wildman–Crippen LogP) is 2.87. The van der Waals surface area contributed by atoms with Gasteiger partial charge in [-0.3, -0.25) is 10.1 Å². The molecule has 1 aromatic carbocycles. The molecule has 108 valence electrons. The smallest absolute Gasteiger partial charge is 0.269 e. The van der Waals surface area contributed by atoms with Crippen molar-refractivity contribution < 1.29 is 4.92 Å². The van der Waals surface area contributed by atoms with E-state index >= 15 is 0 Å². The number of aromatic nitrogens is 2. The van der Waals surface area contributed by atoms with Crippen LogP contribution in [-0.4, -0.2) is 20.9 Å². The van der Waals surface area contributed by atoms with Crippen molar-refractivity contribution in [3.63, 3.8) is 0 Å². The second kappa shape index (κ2) is 6.28. The predicted molar refractivity (Wildman–Crippen MR) is 81.9 cm³/mol. The number of nitrogens with one attached hydrogen (secondary N) is 1. The van der Waals surface area contributed by atoms with Gasteiger partial charge in [-0.1, -0.05) is 18.7 Å². The van der Waals surface area contributed by atoms with Crippen molar-refractivity contribution in [1.82, 2.24) is 9.78 Å². The summed E-state index contributed by atoms with van der Waals surface area (Å²) in [6, 6.07) is 9.26. The third-order valence-corrected chi connectivity index (χ3v) is 2.88. The van der Waals surface area contributed by atoms with Gasteiger partial charge in [0.15, 0.2) is 0 Å². The highest BCUT2D eigenvalue weighted by atomic mass is 16.6. The van der Waals surface area contributed by atoms with Gasteiger partial charge in [-0.25, -0.2) is 4.68 Å². The fraction of sp³-hybridized carbons (Fsp3) is 0. The summed E-state index contributed by atoms with van der Waals surface area (Å²) in [5, 5.41) is 31.5. The van der Waals surface area contributed by atoms with Gasteiger partial charge in [-0.05, 0) is 12.1 Å². The largest absolute Gasteiger partial charge is 0.308 e. The number of non-ortho nitro benzene ring substituents is 1. The molecule has 0 saturated carbocycles. The lowest BCUT2D eigenvalue weighted by Crippen LogP contribution is -2.00. The van der Waals surface area contributed by atoms with E-state index in [-0.39, 0.29) is 11.4 Å². The van der Waals surface area contributed by atoms with Crippen LogP contribution in [-0.2, 0) is 0 Å². The van der Waals surface area contributed by atoms with E-state index in [1.54, 1.807) is 12.1 Å². The summed E-state index contributed by atoms with van der Waals surface area (Å²) in [5.74, 6) is 0. The standard InChI is InChI=1S/C15H11N5O2/c1-2-3-11(9-16)15-8-14(10-17)19(18-15)12-4-6-13(7-5-12)20(21)22/h2-9,16H,1H2/b11-3+,16-9?. The first kappa shape index (κ1) is 14.9. The van der Waals surface area contributed by atoms with Gasteiger partial charge >= 0.3 is 0 Å². The summed E-state index contributed by atoms with van der Waals surface area (Å²) in [6.45, 7) is 3.56. The minimum atomic E-state index is -0.497. The van der Waals surface area contributed by atoms with Crippen molar-refractivity contribution in [2.24, 2.45) is 0 Å². The number of nitro groups is 1. The Bertz CT molecular complexity index is 809. The van der Waals surface area contributed by atoms with Crippen LogP contribution in [0.5, 0.6) is 0 Å². The first-order chi connectivity index (χ1) is 10.6. The number of nitro benzene ring substituents is 1. The summed E-state index contributed by atoms with van der Waals surface area (Å²) in [4.78, 5) is 10.2. The Morgan fingerprint density at radius 3 is 2.64 bits per heavy atom. The molecule has 7 heteroatoms. The Morgan fingerprint density at radius 1 is 1.45 bits per heavy atom. The number of nitriles is 1. The third kappa shape index (κ3) is 2.81. The summed E-state index contributed by atoms with van der Waals surface area (Å²) >= 11 is 0. The van der Waals surface area contributed by atoms with Crippen LogP contribution in [0.15, 0.2) is 49.1 Å². The molecule has 2 rings (SSSR count). The molecular formula is C15H11N5O2.